The third-order valence-corrected chi connectivity index (χ3v) is 4.48. The zero-order chi connectivity index (χ0) is 16.7. The van der Waals surface area contributed by atoms with Crippen LogP contribution < -0.4 is 5.32 Å². The van der Waals surface area contributed by atoms with Gasteiger partial charge in [0.15, 0.2) is 0 Å². The van der Waals surface area contributed by atoms with Gasteiger partial charge in [0.1, 0.15) is 0 Å². The fourth-order valence-corrected chi connectivity index (χ4v) is 3.06. The minimum atomic E-state index is -1.03. The first-order chi connectivity index (χ1) is 10.4. The van der Waals surface area contributed by atoms with Gasteiger partial charge in [-0.15, -0.1) is 11.8 Å². The monoisotopic (exact) mass is 325 g/mol. The molecule has 0 saturated heterocycles. The summed E-state index contributed by atoms with van der Waals surface area (Å²) in [5, 5.41) is 11.8. The standard InChI is InChI=1S/C16H23NO4S/c1-5-22-14(10(2)3)15(18)17-13-7-11(9-21-4)6-12(8-13)16(19)20/h6-8,10,14H,5,9H2,1-4H3,(H,17,18)(H,19,20). The molecule has 6 heteroatoms. The highest BCUT2D eigenvalue weighted by Gasteiger charge is 2.22. The number of hydrogen-bond acceptors (Lipinski definition) is 4. The molecule has 0 fully saturated rings. The smallest absolute Gasteiger partial charge is 0.335 e. The van der Waals surface area contributed by atoms with E-state index in [0.29, 0.717) is 17.9 Å². The lowest BCUT2D eigenvalue weighted by molar-refractivity contribution is -0.116. The van der Waals surface area contributed by atoms with Crippen molar-refractivity contribution in [3.63, 3.8) is 0 Å². The number of carboxylic acids is 1. The molecule has 2 N–H and O–H groups in total. The Kier molecular flexibility index (Phi) is 7.41. The molecule has 0 aliphatic carbocycles. The highest BCUT2D eigenvalue weighted by molar-refractivity contribution is 8.00. The summed E-state index contributed by atoms with van der Waals surface area (Å²) < 4.78 is 5.04. The van der Waals surface area contributed by atoms with Gasteiger partial charge in [-0.05, 0) is 35.4 Å². The minimum Gasteiger partial charge on any atom is -0.478 e. The van der Waals surface area contributed by atoms with Crippen LogP contribution in [0.4, 0.5) is 5.69 Å². The van der Waals surface area contributed by atoms with Gasteiger partial charge in [0.25, 0.3) is 0 Å². The lowest BCUT2D eigenvalue weighted by Gasteiger charge is -2.19. The molecule has 5 nitrogen and oxygen atoms in total. The van der Waals surface area contributed by atoms with Gasteiger partial charge in [0.05, 0.1) is 17.4 Å². The maximum Gasteiger partial charge on any atom is 0.335 e. The average molecular weight is 325 g/mol. The molecule has 0 radical (unpaired) electrons. The first-order valence-electron chi connectivity index (χ1n) is 7.17. The SMILES string of the molecule is CCSC(C(=O)Nc1cc(COC)cc(C(=O)O)c1)C(C)C. The number of ether oxygens (including phenoxy) is 1. The van der Waals surface area contributed by atoms with E-state index in [1.807, 2.05) is 20.8 Å². The summed E-state index contributed by atoms with van der Waals surface area (Å²) in [6, 6.07) is 4.75. The molecule has 0 aliphatic heterocycles. The second-order valence-corrected chi connectivity index (χ2v) is 6.68. The summed E-state index contributed by atoms with van der Waals surface area (Å²) in [5.74, 6) is -0.0871. The van der Waals surface area contributed by atoms with E-state index < -0.39 is 5.97 Å². The highest BCUT2D eigenvalue weighted by atomic mass is 32.2. The zero-order valence-corrected chi connectivity index (χ0v) is 14.2. The van der Waals surface area contributed by atoms with Crippen LogP contribution in [0.25, 0.3) is 0 Å². The summed E-state index contributed by atoms with van der Waals surface area (Å²) in [4.78, 5) is 23.6. The first-order valence-corrected chi connectivity index (χ1v) is 8.22. The van der Waals surface area contributed by atoms with Crippen LogP contribution in [0.3, 0.4) is 0 Å². The van der Waals surface area contributed by atoms with Crippen molar-refractivity contribution < 1.29 is 19.4 Å². The van der Waals surface area contributed by atoms with E-state index in [1.165, 1.54) is 6.07 Å². The van der Waals surface area contributed by atoms with Crippen molar-refractivity contribution in [2.24, 2.45) is 5.92 Å². The van der Waals surface area contributed by atoms with Gasteiger partial charge in [-0.1, -0.05) is 20.8 Å². The van der Waals surface area contributed by atoms with Crippen LogP contribution in [-0.2, 0) is 16.1 Å². The second kappa shape index (κ2) is 8.80. The van der Waals surface area contributed by atoms with Gasteiger partial charge in [-0.2, -0.15) is 0 Å². The van der Waals surface area contributed by atoms with E-state index in [2.05, 4.69) is 5.32 Å². The van der Waals surface area contributed by atoms with E-state index in [0.717, 1.165) is 5.75 Å². The molecular weight excluding hydrogens is 302 g/mol. The number of carboxylic acid groups (broad SMARTS) is 1. The van der Waals surface area contributed by atoms with Crippen molar-refractivity contribution in [3.05, 3.63) is 29.3 Å². The quantitative estimate of drug-likeness (QED) is 0.767. The Morgan fingerprint density at radius 2 is 2.00 bits per heavy atom. The fourth-order valence-electron chi connectivity index (χ4n) is 2.10. The molecule has 0 aliphatic rings. The van der Waals surface area contributed by atoms with Crippen molar-refractivity contribution in [1.29, 1.82) is 0 Å². The van der Waals surface area contributed by atoms with E-state index in [4.69, 9.17) is 9.84 Å². The van der Waals surface area contributed by atoms with E-state index in [9.17, 15) is 9.59 Å². The van der Waals surface area contributed by atoms with Crippen molar-refractivity contribution in [3.8, 4) is 0 Å². The molecule has 1 unspecified atom stereocenters. The van der Waals surface area contributed by atoms with Gasteiger partial charge in [0.2, 0.25) is 5.91 Å². The van der Waals surface area contributed by atoms with Gasteiger partial charge in [-0.3, -0.25) is 4.79 Å². The molecule has 0 bridgehead atoms. The van der Waals surface area contributed by atoms with Crippen molar-refractivity contribution in [1.82, 2.24) is 0 Å². The molecule has 0 heterocycles. The molecule has 122 valence electrons. The predicted octanol–water partition coefficient (Wildman–Crippen LogP) is 3.25. The minimum absolute atomic E-state index is 0.104. The predicted molar refractivity (Wildman–Crippen MR) is 89.5 cm³/mol. The van der Waals surface area contributed by atoms with Crippen LogP contribution in [-0.4, -0.2) is 35.1 Å². The second-order valence-electron chi connectivity index (χ2n) is 5.27. The van der Waals surface area contributed by atoms with Crippen LogP contribution >= 0.6 is 11.8 Å². The van der Waals surface area contributed by atoms with Crippen LogP contribution in [0, 0.1) is 5.92 Å². The molecule has 1 rings (SSSR count). The number of hydrogen-bond donors (Lipinski definition) is 2. The Balaban J connectivity index is 3.00. The van der Waals surface area contributed by atoms with E-state index in [1.54, 1.807) is 31.0 Å². The molecule has 0 saturated carbocycles. The maximum atomic E-state index is 12.4. The third-order valence-electron chi connectivity index (χ3n) is 3.03. The normalized spacial score (nSPS) is 12.2. The van der Waals surface area contributed by atoms with E-state index in [-0.39, 0.29) is 22.6 Å². The number of methoxy groups -OCH3 is 1. The Hall–Kier alpha value is -1.53. The Morgan fingerprint density at radius 3 is 2.50 bits per heavy atom. The topological polar surface area (TPSA) is 75.6 Å². The number of carbonyl (C=O) groups is 2. The molecule has 22 heavy (non-hydrogen) atoms. The number of benzene rings is 1. The molecule has 0 aromatic heterocycles. The van der Waals surface area contributed by atoms with Crippen LogP contribution in [0.1, 0.15) is 36.7 Å². The lowest BCUT2D eigenvalue weighted by atomic mass is 10.1. The molecule has 1 aromatic carbocycles. The summed E-state index contributed by atoms with van der Waals surface area (Å²) in [6.45, 7) is 6.30. The van der Waals surface area contributed by atoms with Crippen molar-refractivity contribution >= 4 is 29.3 Å². The van der Waals surface area contributed by atoms with Crippen LogP contribution in [0.5, 0.6) is 0 Å². The largest absolute Gasteiger partial charge is 0.478 e. The first kappa shape index (κ1) is 18.5. The summed E-state index contributed by atoms with van der Waals surface area (Å²) in [7, 11) is 1.54. The molecule has 1 aromatic rings. The van der Waals surface area contributed by atoms with Gasteiger partial charge < -0.3 is 15.2 Å². The van der Waals surface area contributed by atoms with Crippen molar-refractivity contribution in [2.45, 2.75) is 32.6 Å². The zero-order valence-electron chi connectivity index (χ0n) is 13.4. The average Bonchev–Trinajstić information content (AvgIpc) is 2.44. The Labute approximate surface area is 135 Å². The lowest BCUT2D eigenvalue weighted by Crippen LogP contribution is -2.30. The highest BCUT2D eigenvalue weighted by Crippen LogP contribution is 2.22. The van der Waals surface area contributed by atoms with Crippen molar-refractivity contribution in [2.75, 3.05) is 18.2 Å². The van der Waals surface area contributed by atoms with Crippen LogP contribution in [0.15, 0.2) is 18.2 Å². The summed E-state index contributed by atoms with van der Waals surface area (Å²) >= 11 is 1.58. The van der Waals surface area contributed by atoms with Crippen LogP contribution in [0.2, 0.25) is 0 Å². The molecule has 1 atom stereocenters. The number of nitrogens with one attached hydrogen (secondary N) is 1. The number of amides is 1. The number of thioether (sulfide) groups is 1. The summed E-state index contributed by atoms with van der Waals surface area (Å²) in [5.41, 5.74) is 1.33. The fraction of sp³-hybridized carbons (Fsp3) is 0.500. The Morgan fingerprint density at radius 1 is 1.32 bits per heavy atom. The maximum absolute atomic E-state index is 12.4. The summed E-state index contributed by atoms with van der Waals surface area (Å²) in [6.07, 6.45) is 0. The van der Waals surface area contributed by atoms with Gasteiger partial charge in [-0.25, -0.2) is 4.79 Å². The number of carbonyl (C=O) groups excluding carboxylic acids is 1. The van der Waals surface area contributed by atoms with Gasteiger partial charge >= 0.3 is 5.97 Å². The third kappa shape index (κ3) is 5.35. The van der Waals surface area contributed by atoms with E-state index >= 15 is 0 Å². The number of aromatic carboxylic acids is 1. The Bertz CT molecular complexity index is 531. The van der Waals surface area contributed by atoms with Gasteiger partial charge in [0, 0.05) is 12.8 Å². The molecule has 1 amide bonds. The molecule has 0 spiro atoms. The number of anilines is 1. The molecular formula is C16H23NO4S. The number of rotatable bonds is 8.